The summed E-state index contributed by atoms with van der Waals surface area (Å²) in [4.78, 5) is 11.5. The summed E-state index contributed by atoms with van der Waals surface area (Å²) in [6.45, 7) is 3.51. The lowest BCUT2D eigenvalue weighted by atomic mass is 10.1. The highest BCUT2D eigenvalue weighted by Gasteiger charge is 2.37. The standard InChI is InChI=1S/C24H27F6N7O2S/c1-13(2)31-8-14-6-16(25)22(17(26)7-14)36-11-20(33-12-36)21-15(24(28,29)30)9-32-23(35-21)34-19-4-5-37(10-18(19)27)40(3,38)39/h6-7,9,11-13,18-19,31H,4-5,8,10H2,1-3H3,(H,32,34,35)/t18-,19+/m1/s1. The SMILES string of the molecule is CC(C)NCc1cc(F)c(-n2cnc(-c3nc(N[C@H]4CCN(S(C)(=O)=O)C[C@H]4F)ncc3C(F)(F)F)c2)c(F)c1. The van der Waals surface area contributed by atoms with Gasteiger partial charge in [-0.25, -0.2) is 36.5 Å². The van der Waals surface area contributed by atoms with Gasteiger partial charge in [0.15, 0.2) is 11.6 Å². The van der Waals surface area contributed by atoms with Crippen LogP contribution in [0.1, 0.15) is 31.4 Å². The zero-order valence-electron chi connectivity index (χ0n) is 21.7. The van der Waals surface area contributed by atoms with Crippen LogP contribution >= 0.6 is 0 Å². The van der Waals surface area contributed by atoms with Crippen LogP contribution in [0, 0.1) is 11.6 Å². The lowest BCUT2D eigenvalue weighted by Crippen LogP contribution is -2.49. The number of halogens is 6. The fourth-order valence-electron chi connectivity index (χ4n) is 4.22. The van der Waals surface area contributed by atoms with E-state index in [1.165, 1.54) is 0 Å². The van der Waals surface area contributed by atoms with Crippen LogP contribution in [-0.4, -0.2) is 69.8 Å². The van der Waals surface area contributed by atoms with E-state index in [-0.39, 0.29) is 37.2 Å². The number of piperidine rings is 1. The highest BCUT2D eigenvalue weighted by Crippen LogP contribution is 2.36. The van der Waals surface area contributed by atoms with Crippen molar-refractivity contribution in [2.45, 2.75) is 51.2 Å². The Balaban J connectivity index is 1.63. The third kappa shape index (κ3) is 6.72. The number of sulfonamides is 1. The molecule has 2 N–H and O–H groups in total. The lowest BCUT2D eigenvalue weighted by molar-refractivity contribution is -0.137. The van der Waals surface area contributed by atoms with E-state index in [0.717, 1.165) is 39.8 Å². The minimum atomic E-state index is -4.90. The van der Waals surface area contributed by atoms with Crippen molar-refractivity contribution in [3.8, 4) is 17.1 Å². The van der Waals surface area contributed by atoms with Crippen LogP contribution in [-0.2, 0) is 22.7 Å². The second-order valence-corrected chi connectivity index (χ2v) is 11.7. The fourth-order valence-corrected chi connectivity index (χ4v) is 5.07. The van der Waals surface area contributed by atoms with E-state index >= 15 is 0 Å². The smallest absolute Gasteiger partial charge is 0.348 e. The van der Waals surface area contributed by atoms with Gasteiger partial charge in [-0.1, -0.05) is 13.8 Å². The molecule has 1 aliphatic heterocycles. The maximum Gasteiger partial charge on any atom is 0.420 e. The lowest BCUT2D eigenvalue weighted by Gasteiger charge is -2.33. The Morgan fingerprint density at radius 3 is 2.40 bits per heavy atom. The van der Waals surface area contributed by atoms with Crippen molar-refractivity contribution in [3.63, 3.8) is 0 Å². The first-order valence-electron chi connectivity index (χ1n) is 12.2. The number of hydrogen-bond donors (Lipinski definition) is 2. The van der Waals surface area contributed by atoms with Gasteiger partial charge in [-0.3, -0.25) is 0 Å². The van der Waals surface area contributed by atoms with E-state index in [1.54, 1.807) is 0 Å². The van der Waals surface area contributed by atoms with Gasteiger partial charge in [0, 0.05) is 38.1 Å². The first kappa shape index (κ1) is 29.7. The van der Waals surface area contributed by atoms with Gasteiger partial charge in [0.05, 0.1) is 12.3 Å². The number of imidazole rings is 1. The molecular weight excluding hydrogens is 564 g/mol. The first-order chi connectivity index (χ1) is 18.6. The summed E-state index contributed by atoms with van der Waals surface area (Å²) < 4.78 is 111. The molecule has 1 saturated heterocycles. The number of nitrogens with zero attached hydrogens (tertiary/aromatic N) is 5. The van der Waals surface area contributed by atoms with Gasteiger partial charge in [-0.2, -0.15) is 17.5 Å². The van der Waals surface area contributed by atoms with Gasteiger partial charge in [0.25, 0.3) is 0 Å². The van der Waals surface area contributed by atoms with Crippen molar-refractivity contribution < 1.29 is 34.8 Å². The number of aromatic nitrogens is 4. The number of anilines is 1. The number of alkyl halides is 4. The zero-order chi connectivity index (χ0) is 29.4. The van der Waals surface area contributed by atoms with Crippen LogP contribution in [0.3, 0.4) is 0 Å². The molecule has 1 fully saturated rings. The van der Waals surface area contributed by atoms with E-state index < -0.39 is 63.5 Å². The van der Waals surface area contributed by atoms with Crippen LogP contribution < -0.4 is 10.6 Å². The van der Waals surface area contributed by atoms with Crippen molar-refractivity contribution in [2.24, 2.45) is 0 Å². The maximum atomic E-state index is 14.9. The second kappa shape index (κ2) is 11.3. The minimum absolute atomic E-state index is 0.00172. The average Bonchev–Trinajstić information content (AvgIpc) is 3.32. The molecule has 0 saturated carbocycles. The Hall–Kier alpha value is -3.24. The van der Waals surface area contributed by atoms with E-state index in [2.05, 4.69) is 25.6 Å². The van der Waals surface area contributed by atoms with Crippen molar-refractivity contribution in [3.05, 3.63) is 53.6 Å². The van der Waals surface area contributed by atoms with Gasteiger partial charge in [-0.05, 0) is 24.1 Å². The van der Waals surface area contributed by atoms with Crippen molar-refractivity contribution in [1.29, 1.82) is 0 Å². The Kier molecular flexibility index (Phi) is 8.42. The molecule has 9 nitrogen and oxygen atoms in total. The Labute approximate surface area is 226 Å². The average molecular weight is 592 g/mol. The van der Waals surface area contributed by atoms with E-state index in [4.69, 9.17) is 0 Å². The van der Waals surface area contributed by atoms with E-state index in [0.29, 0.717) is 11.8 Å². The summed E-state index contributed by atoms with van der Waals surface area (Å²) >= 11 is 0. The highest BCUT2D eigenvalue weighted by atomic mass is 32.2. The largest absolute Gasteiger partial charge is 0.420 e. The summed E-state index contributed by atoms with van der Waals surface area (Å²) in [7, 11) is -3.61. The van der Waals surface area contributed by atoms with Crippen LogP contribution in [0.15, 0.2) is 30.9 Å². The molecule has 2 atom stereocenters. The van der Waals surface area contributed by atoms with Gasteiger partial charge >= 0.3 is 6.18 Å². The van der Waals surface area contributed by atoms with E-state index in [9.17, 15) is 34.8 Å². The fraction of sp³-hybridized carbons (Fsp3) is 0.458. The van der Waals surface area contributed by atoms with E-state index in [1.807, 2.05) is 13.8 Å². The van der Waals surface area contributed by atoms with Gasteiger partial charge < -0.3 is 15.2 Å². The molecule has 16 heteroatoms. The van der Waals surface area contributed by atoms with Gasteiger partial charge in [-0.15, -0.1) is 0 Å². The molecule has 0 unspecified atom stereocenters. The van der Waals surface area contributed by atoms with Crippen LogP contribution in [0.25, 0.3) is 17.1 Å². The maximum absolute atomic E-state index is 14.9. The molecule has 40 heavy (non-hydrogen) atoms. The summed E-state index contributed by atoms with van der Waals surface area (Å²) in [5.41, 5.74) is -2.50. The van der Waals surface area contributed by atoms with Crippen molar-refractivity contribution >= 4 is 16.0 Å². The van der Waals surface area contributed by atoms with Gasteiger partial charge in [0.1, 0.15) is 35.1 Å². The van der Waals surface area contributed by atoms with Crippen LogP contribution in [0.5, 0.6) is 0 Å². The Morgan fingerprint density at radius 1 is 1.15 bits per heavy atom. The number of benzene rings is 1. The highest BCUT2D eigenvalue weighted by molar-refractivity contribution is 7.88. The number of nitrogens with one attached hydrogen (secondary N) is 2. The number of hydrogen-bond acceptors (Lipinski definition) is 7. The molecular formula is C24H27F6N7O2S. The third-order valence-electron chi connectivity index (χ3n) is 6.26. The third-order valence-corrected chi connectivity index (χ3v) is 7.53. The summed E-state index contributed by atoms with van der Waals surface area (Å²) in [5.74, 6) is -2.24. The molecule has 0 spiro atoms. The summed E-state index contributed by atoms with van der Waals surface area (Å²) in [5, 5.41) is 5.66. The molecule has 1 aromatic carbocycles. The molecule has 2 aromatic heterocycles. The quantitative estimate of drug-likeness (QED) is 0.383. The first-order valence-corrected chi connectivity index (χ1v) is 14.0. The normalized spacial score (nSPS) is 18.9. The Morgan fingerprint density at radius 2 is 1.82 bits per heavy atom. The Bertz CT molecular complexity index is 1460. The van der Waals surface area contributed by atoms with Crippen molar-refractivity contribution in [1.82, 2.24) is 29.1 Å². The van der Waals surface area contributed by atoms with Gasteiger partial charge in [0.2, 0.25) is 16.0 Å². The van der Waals surface area contributed by atoms with Crippen LogP contribution in [0.2, 0.25) is 0 Å². The molecule has 218 valence electrons. The predicted octanol–water partition coefficient (Wildman–Crippen LogP) is 3.91. The molecule has 0 radical (unpaired) electrons. The summed E-state index contributed by atoms with van der Waals surface area (Å²) in [6, 6.07) is 1.34. The monoisotopic (exact) mass is 591 g/mol. The zero-order valence-corrected chi connectivity index (χ0v) is 22.5. The van der Waals surface area contributed by atoms with Crippen molar-refractivity contribution in [2.75, 3.05) is 24.7 Å². The molecule has 4 rings (SSSR count). The predicted molar refractivity (Wildman–Crippen MR) is 135 cm³/mol. The molecule has 0 bridgehead atoms. The molecule has 0 amide bonds. The molecule has 3 heterocycles. The molecule has 3 aromatic rings. The van der Waals surface area contributed by atoms with Crippen LogP contribution in [0.4, 0.5) is 32.3 Å². The minimum Gasteiger partial charge on any atom is -0.348 e. The number of rotatable bonds is 8. The topological polar surface area (TPSA) is 105 Å². The second-order valence-electron chi connectivity index (χ2n) is 9.74. The molecule has 0 aliphatic carbocycles. The summed E-state index contributed by atoms with van der Waals surface area (Å²) in [6.07, 6.45) is -3.16. The molecule has 1 aliphatic rings.